The van der Waals surface area contributed by atoms with Crippen molar-refractivity contribution < 1.29 is 29.0 Å². The maximum atomic E-state index is 13.6. The molecule has 1 aliphatic rings. The van der Waals surface area contributed by atoms with Crippen molar-refractivity contribution in [1.82, 2.24) is 4.90 Å². The van der Waals surface area contributed by atoms with Gasteiger partial charge >= 0.3 is 0 Å². The Balaban J connectivity index is 1.62. The lowest BCUT2D eigenvalue weighted by Crippen LogP contribution is -2.30. The molecule has 0 saturated carbocycles. The SMILES string of the molecule is CCOc1cc(C2C(C(=O)c3cc4ccccc4o3)=C(O)C(=O)N2Cc2cccs2)ccc1O. The first-order valence-corrected chi connectivity index (χ1v) is 11.6. The van der Waals surface area contributed by atoms with Crippen LogP contribution in [0.1, 0.15) is 34.0 Å². The van der Waals surface area contributed by atoms with Gasteiger partial charge in [0.1, 0.15) is 5.58 Å². The minimum Gasteiger partial charge on any atom is -0.504 e. The Morgan fingerprint density at radius 2 is 1.94 bits per heavy atom. The van der Waals surface area contributed by atoms with E-state index in [1.807, 2.05) is 29.6 Å². The number of rotatable bonds is 7. The van der Waals surface area contributed by atoms with Crippen LogP contribution in [0.15, 0.2) is 81.8 Å². The van der Waals surface area contributed by atoms with Crippen LogP contribution in [0, 0.1) is 0 Å². The Bertz CT molecular complexity index is 1390. The van der Waals surface area contributed by atoms with Crippen molar-refractivity contribution in [3.8, 4) is 11.5 Å². The molecule has 0 radical (unpaired) electrons. The first-order valence-electron chi connectivity index (χ1n) is 10.7. The zero-order chi connectivity index (χ0) is 23.8. The maximum Gasteiger partial charge on any atom is 0.290 e. The summed E-state index contributed by atoms with van der Waals surface area (Å²) in [5.74, 6) is -1.64. The smallest absolute Gasteiger partial charge is 0.290 e. The molecule has 7 nitrogen and oxygen atoms in total. The highest BCUT2D eigenvalue weighted by molar-refractivity contribution is 7.09. The fraction of sp³-hybridized carbons (Fsp3) is 0.154. The van der Waals surface area contributed by atoms with Crippen LogP contribution in [-0.2, 0) is 11.3 Å². The van der Waals surface area contributed by atoms with Crippen LogP contribution in [0.5, 0.6) is 11.5 Å². The third-order valence-electron chi connectivity index (χ3n) is 5.70. The number of aromatic hydroxyl groups is 1. The molecule has 1 aliphatic heterocycles. The number of fused-ring (bicyclic) bond motifs is 1. The molecule has 0 fully saturated rings. The molecule has 0 spiro atoms. The molecule has 2 aromatic carbocycles. The second-order valence-corrected chi connectivity index (χ2v) is 8.85. The van der Waals surface area contributed by atoms with Gasteiger partial charge in [-0.3, -0.25) is 9.59 Å². The zero-order valence-corrected chi connectivity index (χ0v) is 19.0. The van der Waals surface area contributed by atoms with Crippen LogP contribution in [0.4, 0.5) is 0 Å². The first-order chi connectivity index (χ1) is 16.5. The van der Waals surface area contributed by atoms with Gasteiger partial charge in [-0.25, -0.2) is 0 Å². The normalized spacial score (nSPS) is 16.0. The van der Waals surface area contributed by atoms with Crippen molar-refractivity contribution in [3.05, 3.63) is 93.6 Å². The Morgan fingerprint density at radius 3 is 2.68 bits per heavy atom. The number of amides is 1. The molecule has 5 rings (SSSR count). The van der Waals surface area contributed by atoms with Crippen LogP contribution >= 0.6 is 11.3 Å². The molecule has 0 bridgehead atoms. The van der Waals surface area contributed by atoms with Gasteiger partial charge in [-0.1, -0.05) is 30.3 Å². The summed E-state index contributed by atoms with van der Waals surface area (Å²) in [6.45, 7) is 2.31. The maximum absolute atomic E-state index is 13.6. The molecule has 0 saturated heterocycles. The summed E-state index contributed by atoms with van der Waals surface area (Å²) >= 11 is 1.47. The van der Waals surface area contributed by atoms with Gasteiger partial charge < -0.3 is 24.3 Å². The van der Waals surface area contributed by atoms with Crippen molar-refractivity contribution in [2.75, 3.05) is 6.61 Å². The second-order valence-electron chi connectivity index (χ2n) is 7.82. The highest BCUT2D eigenvalue weighted by atomic mass is 32.1. The predicted octanol–water partition coefficient (Wildman–Crippen LogP) is 5.38. The number of phenolic OH excluding ortho intramolecular Hbond substituents is 1. The number of nitrogens with zero attached hydrogens (tertiary/aromatic N) is 1. The largest absolute Gasteiger partial charge is 0.504 e. The molecule has 8 heteroatoms. The Morgan fingerprint density at radius 1 is 1.12 bits per heavy atom. The Hall–Kier alpha value is -4.04. The average molecular weight is 476 g/mol. The number of para-hydroxylation sites is 1. The first kappa shape index (κ1) is 21.8. The molecular formula is C26H21NO6S. The molecule has 2 aromatic heterocycles. The van der Waals surface area contributed by atoms with E-state index in [0.29, 0.717) is 17.8 Å². The van der Waals surface area contributed by atoms with E-state index in [0.717, 1.165) is 10.3 Å². The number of aliphatic hydroxyl groups excluding tert-OH is 1. The van der Waals surface area contributed by atoms with Crippen LogP contribution in [-0.4, -0.2) is 33.4 Å². The minimum absolute atomic E-state index is 0.0299. The topological polar surface area (TPSA) is 100 Å². The number of carbonyl (C=O) groups excluding carboxylic acids is 2. The Labute approximate surface area is 199 Å². The van der Waals surface area contributed by atoms with Gasteiger partial charge in [-0.05, 0) is 48.2 Å². The van der Waals surface area contributed by atoms with Crippen molar-refractivity contribution >= 4 is 34.0 Å². The summed E-state index contributed by atoms with van der Waals surface area (Å²) in [6, 6.07) is 16.3. The lowest BCUT2D eigenvalue weighted by molar-refractivity contribution is -0.130. The molecule has 2 N–H and O–H groups in total. The quantitative estimate of drug-likeness (QED) is 0.348. The molecule has 0 aliphatic carbocycles. The van der Waals surface area contributed by atoms with E-state index in [4.69, 9.17) is 9.15 Å². The number of hydrogen-bond acceptors (Lipinski definition) is 7. The lowest BCUT2D eigenvalue weighted by atomic mass is 9.94. The van der Waals surface area contributed by atoms with E-state index >= 15 is 0 Å². The van der Waals surface area contributed by atoms with Crippen molar-refractivity contribution in [3.63, 3.8) is 0 Å². The summed E-state index contributed by atoms with van der Waals surface area (Å²) in [6.07, 6.45) is 0. The molecule has 1 atom stereocenters. The van der Waals surface area contributed by atoms with Crippen LogP contribution in [0.25, 0.3) is 11.0 Å². The zero-order valence-electron chi connectivity index (χ0n) is 18.2. The number of thiophene rings is 1. The van der Waals surface area contributed by atoms with E-state index < -0.39 is 23.5 Å². The van der Waals surface area contributed by atoms with Gasteiger partial charge in [0.25, 0.3) is 5.91 Å². The monoisotopic (exact) mass is 475 g/mol. The number of phenols is 1. The highest BCUT2D eigenvalue weighted by Crippen LogP contribution is 2.43. The molecule has 3 heterocycles. The minimum atomic E-state index is -0.893. The Kier molecular flexibility index (Phi) is 5.59. The van der Waals surface area contributed by atoms with E-state index in [-0.39, 0.29) is 29.4 Å². The second kappa shape index (κ2) is 8.72. The summed E-state index contributed by atoms with van der Waals surface area (Å²) in [4.78, 5) is 29.1. The number of Topliss-reactive ketones (excluding diaryl/α,β-unsaturated/α-hetero) is 1. The van der Waals surface area contributed by atoms with Crippen molar-refractivity contribution in [2.24, 2.45) is 0 Å². The summed E-state index contributed by atoms with van der Waals surface area (Å²) in [5, 5.41) is 23.7. The molecular weight excluding hydrogens is 454 g/mol. The van der Waals surface area contributed by atoms with Gasteiger partial charge in [-0.2, -0.15) is 0 Å². The fourth-order valence-corrected chi connectivity index (χ4v) is 4.87. The fourth-order valence-electron chi connectivity index (χ4n) is 4.16. The number of furan rings is 1. The number of carbonyl (C=O) groups is 2. The van der Waals surface area contributed by atoms with E-state index in [2.05, 4.69) is 0 Å². The third-order valence-corrected chi connectivity index (χ3v) is 6.56. The van der Waals surface area contributed by atoms with Gasteiger partial charge in [0.2, 0.25) is 5.78 Å². The molecule has 172 valence electrons. The predicted molar refractivity (Wildman–Crippen MR) is 127 cm³/mol. The summed E-state index contributed by atoms with van der Waals surface area (Å²) in [5.41, 5.74) is 0.980. The molecule has 1 amide bonds. The van der Waals surface area contributed by atoms with E-state index in [1.54, 1.807) is 37.3 Å². The number of ketones is 1. The number of ether oxygens (including phenoxy) is 1. The lowest BCUT2D eigenvalue weighted by Gasteiger charge is -2.26. The van der Waals surface area contributed by atoms with Crippen molar-refractivity contribution in [1.29, 1.82) is 0 Å². The van der Waals surface area contributed by atoms with Gasteiger partial charge in [-0.15, -0.1) is 11.3 Å². The standard InChI is InChI=1S/C26H21NO6S/c1-2-32-20-13-16(9-10-18(20)28)23-22(24(29)21-12-15-6-3-4-8-19(15)33-21)25(30)26(31)27(23)14-17-7-5-11-34-17/h3-13,23,28,30H,2,14H2,1H3. The molecule has 4 aromatic rings. The van der Waals surface area contributed by atoms with E-state index in [9.17, 15) is 19.8 Å². The van der Waals surface area contributed by atoms with Crippen LogP contribution < -0.4 is 4.74 Å². The molecule has 34 heavy (non-hydrogen) atoms. The van der Waals surface area contributed by atoms with Gasteiger partial charge in [0, 0.05) is 10.3 Å². The van der Waals surface area contributed by atoms with Gasteiger partial charge in [0.05, 0.1) is 24.8 Å². The highest BCUT2D eigenvalue weighted by Gasteiger charge is 2.45. The molecule has 1 unspecified atom stereocenters. The summed E-state index contributed by atoms with van der Waals surface area (Å²) in [7, 11) is 0. The van der Waals surface area contributed by atoms with Crippen LogP contribution in [0.3, 0.4) is 0 Å². The van der Waals surface area contributed by atoms with Gasteiger partial charge in [0.15, 0.2) is 23.0 Å². The van der Waals surface area contributed by atoms with E-state index in [1.165, 1.54) is 22.3 Å². The number of benzene rings is 2. The number of aliphatic hydroxyl groups is 1. The third kappa shape index (κ3) is 3.72. The van der Waals surface area contributed by atoms with Crippen LogP contribution in [0.2, 0.25) is 0 Å². The van der Waals surface area contributed by atoms with Crippen molar-refractivity contribution in [2.45, 2.75) is 19.5 Å². The average Bonchev–Trinajstić information content (AvgIpc) is 3.56. The number of hydrogen-bond donors (Lipinski definition) is 2. The summed E-state index contributed by atoms with van der Waals surface area (Å²) < 4.78 is 11.3.